The fraction of sp³-hybridized carbons (Fsp3) is 0.739. The molecule has 2 saturated heterocycles. The predicted molar refractivity (Wildman–Crippen MR) is 118 cm³/mol. The number of likely N-dealkylation sites (tertiary alicyclic amines) is 2. The number of methoxy groups -OCH3 is 1. The third-order valence-corrected chi connectivity index (χ3v) is 5.92. The summed E-state index contributed by atoms with van der Waals surface area (Å²) < 4.78 is 11.4. The Morgan fingerprint density at radius 2 is 2.00 bits per heavy atom. The lowest BCUT2D eigenvalue weighted by Gasteiger charge is -2.27. The molecule has 6 nitrogen and oxygen atoms in total. The lowest BCUT2D eigenvalue weighted by atomic mass is 10.1. The molecule has 1 unspecified atom stereocenters. The van der Waals surface area contributed by atoms with Crippen molar-refractivity contribution in [3.8, 4) is 5.88 Å². The molecule has 3 rings (SSSR count). The zero-order valence-corrected chi connectivity index (χ0v) is 18.7. The normalized spacial score (nSPS) is 21.7. The summed E-state index contributed by atoms with van der Waals surface area (Å²) in [6.45, 7) is 13.0. The van der Waals surface area contributed by atoms with E-state index in [-0.39, 0.29) is 5.54 Å². The number of ether oxygens (including phenoxy) is 2. The van der Waals surface area contributed by atoms with Gasteiger partial charge in [0.25, 0.3) is 0 Å². The number of rotatable bonds is 9. The number of hydrogen-bond acceptors (Lipinski definition) is 6. The number of aliphatic imine (C=N–C) groups is 1. The summed E-state index contributed by atoms with van der Waals surface area (Å²) >= 11 is 0. The topological polar surface area (TPSA) is 50.2 Å². The highest BCUT2D eigenvalue weighted by Crippen LogP contribution is 2.19. The van der Waals surface area contributed by atoms with Gasteiger partial charge in [-0.3, -0.25) is 0 Å². The van der Waals surface area contributed by atoms with Crippen LogP contribution in [-0.4, -0.2) is 78.7 Å². The Balaban J connectivity index is 1.50. The van der Waals surface area contributed by atoms with Crippen molar-refractivity contribution in [2.75, 3.05) is 46.4 Å². The van der Waals surface area contributed by atoms with E-state index in [4.69, 9.17) is 14.5 Å². The molecule has 2 aliphatic heterocycles. The van der Waals surface area contributed by atoms with E-state index in [1.54, 1.807) is 13.3 Å². The van der Waals surface area contributed by atoms with Crippen LogP contribution in [0.4, 0.5) is 0 Å². The Bertz CT molecular complexity index is 653. The molecule has 0 bridgehead atoms. The molecule has 2 fully saturated rings. The minimum atomic E-state index is -0.197. The van der Waals surface area contributed by atoms with Crippen LogP contribution in [0.25, 0.3) is 0 Å². The molecule has 1 aromatic rings. The van der Waals surface area contributed by atoms with Gasteiger partial charge in [-0.15, -0.1) is 0 Å². The molecule has 6 heteroatoms. The van der Waals surface area contributed by atoms with E-state index >= 15 is 0 Å². The summed E-state index contributed by atoms with van der Waals surface area (Å²) in [5, 5.41) is 0. The van der Waals surface area contributed by atoms with Gasteiger partial charge in [-0.2, -0.15) is 0 Å². The summed E-state index contributed by atoms with van der Waals surface area (Å²) in [6.07, 6.45) is 8.06. The van der Waals surface area contributed by atoms with Crippen molar-refractivity contribution in [2.45, 2.75) is 64.5 Å². The van der Waals surface area contributed by atoms with Crippen molar-refractivity contribution in [1.29, 1.82) is 0 Å². The van der Waals surface area contributed by atoms with Gasteiger partial charge in [-0.25, -0.2) is 9.98 Å². The fourth-order valence-electron chi connectivity index (χ4n) is 4.39. The summed E-state index contributed by atoms with van der Waals surface area (Å²) in [6, 6.07) is 4.61. The van der Waals surface area contributed by atoms with E-state index in [0.29, 0.717) is 24.4 Å². The van der Waals surface area contributed by atoms with Crippen LogP contribution in [0.2, 0.25) is 0 Å². The van der Waals surface area contributed by atoms with Crippen LogP contribution >= 0.6 is 0 Å². The maximum Gasteiger partial charge on any atom is 0.217 e. The fourth-order valence-corrected chi connectivity index (χ4v) is 4.39. The van der Waals surface area contributed by atoms with Crippen molar-refractivity contribution in [2.24, 2.45) is 4.99 Å². The first-order valence-corrected chi connectivity index (χ1v) is 11.2. The lowest BCUT2D eigenvalue weighted by Crippen LogP contribution is -2.36. The Morgan fingerprint density at radius 1 is 1.21 bits per heavy atom. The number of nitrogens with zero attached hydrogens (tertiary/aromatic N) is 4. The highest BCUT2D eigenvalue weighted by Gasteiger charge is 2.24. The van der Waals surface area contributed by atoms with Crippen molar-refractivity contribution in [3.63, 3.8) is 0 Å². The predicted octanol–water partition coefficient (Wildman–Crippen LogP) is 3.60. The van der Waals surface area contributed by atoms with Crippen LogP contribution in [-0.2, 0) is 4.74 Å². The van der Waals surface area contributed by atoms with Crippen molar-refractivity contribution in [3.05, 3.63) is 23.9 Å². The SMILES string of the molecule is COC(=NC(C)(C)CN1CCCC1)c1ccc(OCCCN2CCCC2C)nc1. The smallest absolute Gasteiger partial charge is 0.217 e. The molecule has 0 saturated carbocycles. The minimum Gasteiger partial charge on any atom is -0.481 e. The third-order valence-electron chi connectivity index (χ3n) is 5.92. The Morgan fingerprint density at radius 3 is 2.62 bits per heavy atom. The van der Waals surface area contributed by atoms with Crippen LogP contribution < -0.4 is 4.74 Å². The molecular formula is C23H38N4O2. The second kappa shape index (κ2) is 10.4. The molecular weight excluding hydrogens is 364 g/mol. The number of hydrogen-bond donors (Lipinski definition) is 0. The maximum atomic E-state index is 5.83. The first-order valence-electron chi connectivity index (χ1n) is 11.2. The third kappa shape index (κ3) is 6.68. The quantitative estimate of drug-likeness (QED) is 0.359. The second-order valence-corrected chi connectivity index (χ2v) is 9.03. The van der Waals surface area contributed by atoms with Crippen LogP contribution in [0.1, 0.15) is 58.4 Å². The van der Waals surface area contributed by atoms with Gasteiger partial charge in [-0.1, -0.05) is 0 Å². The van der Waals surface area contributed by atoms with E-state index in [2.05, 4.69) is 35.6 Å². The molecule has 29 heavy (non-hydrogen) atoms. The molecule has 0 spiro atoms. The lowest BCUT2D eigenvalue weighted by molar-refractivity contribution is 0.227. The number of pyridine rings is 1. The molecule has 162 valence electrons. The zero-order chi connectivity index (χ0) is 20.7. The highest BCUT2D eigenvalue weighted by atomic mass is 16.5. The Kier molecular flexibility index (Phi) is 7.90. The molecule has 3 heterocycles. The van der Waals surface area contributed by atoms with E-state index in [1.807, 2.05) is 12.1 Å². The molecule has 0 aliphatic carbocycles. The maximum absolute atomic E-state index is 5.83. The van der Waals surface area contributed by atoms with Gasteiger partial charge in [0.05, 0.1) is 24.8 Å². The summed E-state index contributed by atoms with van der Waals surface area (Å²) in [5.74, 6) is 1.30. The first-order chi connectivity index (χ1) is 14.0. The average Bonchev–Trinajstić information content (AvgIpc) is 3.35. The largest absolute Gasteiger partial charge is 0.481 e. The van der Waals surface area contributed by atoms with E-state index in [1.165, 1.54) is 45.3 Å². The molecule has 0 N–H and O–H groups in total. The zero-order valence-electron chi connectivity index (χ0n) is 18.7. The van der Waals surface area contributed by atoms with Crippen molar-refractivity contribution < 1.29 is 9.47 Å². The van der Waals surface area contributed by atoms with Crippen molar-refractivity contribution >= 4 is 5.90 Å². The molecule has 2 aliphatic rings. The van der Waals surface area contributed by atoms with Crippen LogP contribution in [0, 0.1) is 0 Å². The average molecular weight is 403 g/mol. The monoisotopic (exact) mass is 402 g/mol. The van der Waals surface area contributed by atoms with Gasteiger partial charge in [-0.05, 0) is 78.6 Å². The molecule has 1 aromatic heterocycles. The van der Waals surface area contributed by atoms with Crippen LogP contribution in [0.5, 0.6) is 5.88 Å². The van der Waals surface area contributed by atoms with E-state index < -0.39 is 0 Å². The van der Waals surface area contributed by atoms with Gasteiger partial charge in [0, 0.05) is 31.4 Å². The van der Waals surface area contributed by atoms with Crippen molar-refractivity contribution in [1.82, 2.24) is 14.8 Å². The molecule has 0 radical (unpaired) electrons. The van der Waals surface area contributed by atoms with Crippen LogP contribution in [0.3, 0.4) is 0 Å². The number of aromatic nitrogens is 1. The van der Waals surface area contributed by atoms with Gasteiger partial charge in [0.15, 0.2) is 0 Å². The van der Waals surface area contributed by atoms with Gasteiger partial charge < -0.3 is 19.3 Å². The molecule has 1 atom stereocenters. The van der Waals surface area contributed by atoms with Gasteiger partial charge >= 0.3 is 0 Å². The van der Waals surface area contributed by atoms with Gasteiger partial charge in [0.1, 0.15) is 0 Å². The van der Waals surface area contributed by atoms with Gasteiger partial charge in [0.2, 0.25) is 11.8 Å². The first kappa shape index (κ1) is 22.0. The minimum absolute atomic E-state index is 0.197. The standard InChI is InChI=1S/C23H38N4O2/c1-19-9-7-14-27(19)15-8-16-29-21-11-10-20(17-24-21)22(28-4)25-23(2,3)18-26-12-5-6-13-26/h10-11,17,19H,5-9,12-16,18H2,1-4H3. The Labute approximate surface area is 176 Å². The summed E-state index contributed by atoms with van der Waals surface area (Å²) in [7, 11) is 1.68. The van der Waals surface area contributed by atoms with Crippen LogP contribution in [0.15, 0.2) is 23.3 Å². The molecule has 0 aromatic carbocycles. The summed E-state index contributed by atoms with van der Waals surface area (Å²) in [5.41, 5.74) is 0.692. The summed E-state index contributed by atoms with van der Waals surface area (Å²) in [4.78, 5) is 14.4. The van der Waals surface area contributed by atoms with E-state index in [0.717, 1.165) is 25.1 Å². The Hall–Kier alpha value is -1.66. The second-order valence-electron chi connectivity index (χ2n) is 9.03. The molecule has 0 amide bonds. The van der Waals surface area contributed by atoms with E-state index in [9.17, 15) is 0 Å². The highest BCUT2D eigenvalue weighted by molar-refractivity contribution is 5.94.